The molecule has 6 heteroatoms. The first-order chi connectivity index (χ1) is 13.6. The molecule has 0 aliphatic carbocycles. The highest BCUT2D eigenvalue weighted by atomic mass is 19.1. The Labute approximate surface area is 162 Å². The maximum absolute atomic E-state index is 13.9. The smallest absolute Gasteiger partial charge is 0.257 e. The zero-order valence-corrected chi connectivity index (χ0v) is 15.5. The molecule has 1 amide bonds. The van der Waals surface area contributed by atoms with Crippen molar-refractivity contribution < 1.29 is 18.3 Å². The summed E-state index contributed by atoms with van der Waals surface area (Å²) in [6.07, 6.45) is 4.04. The number of halogens is 2. The zero-order chi connectivity index (χ0) is 19.5. The number of rotatable bonds is 5. The van der Waals surface area contributed by atoms with E-state index in [1.54, 1.807) is 6.07 Å². The monoisotopic (exact) mass is 384 g/mol. The first-order valence-electron chi connectivity index (χ1n) is 9.53. The normalized spacial score (nSPS) is 19.4. The maximum Gasteiger partial charge on any atom is 0.257 e. The number of amides is 1. The van der Waals surface area contributed by atoms with Crippen LogP contribution in [0.15, 0.2) is 48.5 Å². The molecule has 1 N–H and O–H groups in total. The summed E-state index contributed by atoms with van der Waals surface area (Å²) in [5, 5.41) is 2.78. The van der Waals surface area contributed by atoms with E-state index in [4.69, 9.17) is 4.74 Å². The molecule has 1 unspecified atom stereocenters. The summed E-state index contributed by atoms with van der Waals surface area (Å²) < 4.78 is 32.6. The summed E-state index contributed by atoms with van der Waals surface area (Å²) in [6.45, 7) is 2.63. The van der Waals surface area contributed by atoms with Crippen LogP contribution in [0.5, 0.6) is 5.75 Å². The minimum absolute atomic E-state index is 0.0427. The molecule has 146 valence electrons. The lowest BCUT2D eigenvalue weighted by Gasteiger charge is -2.29. The standard InChI is InChI=1S/C22H22F2N2O2/c23-17-8-6-15(7-9-17)16-10-13-26(14-11-16)12-2-5-20-25-22(27)18-3-1-4-19(24)21(18)28-20/h1,3-4,6-10,20H,2,5,11-14H2,(H,25,27). The third kappa shape index (κ3) is 4.07. The highest BCUT2D eigenvalue weighted by Gasteiger charge is 2.27. The Balaban J connectivity index is 1.27. The number of carbonyl (C=O) groups excluding carboxylic acids is 1. The third-order valence-electron chi connectivity index (χ3n) is 5.21. The van der Waals surface area contributed by atoms with Gasteiger partial charge in [0.05, 0.1) is 5.56 Å². The van der Waals surface area contributed by atoms with Crippen molar-refractivity contribution in [2.45, 2.75) is 25.5 Å². The fraction of sp³-hybridized carbons (Fsp3) is 0.318. The van der Waals surface area contributed by atoms with Crippen LogP contribution in [0.1, 0.15) is 35.2 Å². The molecule has 4 nitrogen and oxygen atoms in total. The molecular formula is C22H22F2N2O2. The summed E-state index contributed by atoms with van der Waals surface area (Å²) in [7, 11) is 0. The molecule has 2 heterocycles. The van der Waals surface area contributed by atoms with E-state index in [2.05, 4.69) is 16.3 Å². The second kappa shape index (κ2) is 8.10. The van der Waals surface area contributed by atoms with Crippen molar-refractivity contribution >= 4 is 11.5 Å². The molecule has 0 fully saturated rings. The average Bonchev–Trinajstić information content (AvgIpc) is 2.70. The van der Waals surface area contributed by atoms with Crippen LogP contribution in [-0.4, -0.2) is 36.7 Å². The van der Waals surface area contributed by atoms with Crippen molar-refractivity contribution in [3.63, 3.8) is 0 Å². The van der Waals surface area contributed by atoms with Crippen molar-refractivity contribution in [3.8, 4) is 5.75 Å². The number of nitrogens with one attached hydrogen (secondary N) is 1. The van der Waals surface area contributed by atoms with Crippen LogP contribution in [-0.2, 0) is 0 Å². The zero-order valence-electron chi connectivity index (χ0n) is 15.5. The molecule has 0 radical (unpaired) electrons. The van der Waals surface area contributed by atoms with E-state index in [9.17, 15) is 13.6 Å². The Kier molecular flexibility index (Phi) is 5.39. The molecular weight excluding hydrogens is 362 g/mol. The first-order valence-corrected chi connectivity index (χ1v) is 9.53. The molecule has 2 aromatic rings. The third-order valence-corrected chi connectivity index (χ3v) is 5.21. The van der Waals surface area contributed by atoms with E-state index in [1.807, 2.05) is 12.1 Å². The summed E-state index contributed by atoms with van der Waals surface area (Å²) in [5.74, 6) is -0.982. The summed E-state index contributed by atoms with van der Waals surface area (Å²) >= 11 is 0. The number of hydrogen-bond donors (Lipinski definition) is 1. The number of hydrogen-bond acceptors (Lipinski definition) is 3. The van der Waals surface area contributed by atoms with Gasteiger partial charge >= 0.3 is 0 Å². The number of fused-ring (bicyclic) bond motifs is 1. The lowest BCUT2D eigenvalue weighted by molar-refractivity contribution is 0.0713. The average molecular weight is 384 g/mol. The lowest BCUT2D eigenvalue weighted by Crippen LogP contribution is -2.44. The quantitative estimate of drug-likeness (QED) is 0.848. The van der Waals surface area contributed by atoms with Crippen molar-refractivity contribution in [2.75, 3.05) is 19.6 Å². The fourth-order valence-corrected chi connectivity index (χ4v) is 3.67. The van der Waals surface area contributed by atoms with E-state index in [0.29, 0.717) is 6.42 Å². The fourth-order valence-electron chi connectivity index (χ4n) is 3.67. The molecule has 2 aliphatic heterocycles. The molecule has 2 aliphatic rings. The van der Waals surface area contributed by atoms with Gasteiger partial charge in [0.25, 0.3) is 5.91 Å². The minimum Gasteiger partial charge on any atom is -0.467 e. The van der Waals surface area contributed by atoms with Gasteiger partial charge in [0.2, 0.25) is 0 Å². The van der Waals surface area contributed by atoms with Crippen LogP contribution >= 0.6 is 0 Å². The maximum atomic E-state index is 13.9. The Hall–Kier alpha value is -2.73. The SMILES string of the molecule is O=C1NC(CCCN2CC=C(c3ccc(F)cc3)CC2)Oc2c(F)cccc21. The van der Waals surface area contributed by atoms with Gasteiger partial charge in [-0.2, -0.15) is 0 Å². The van der Waals surface area contributed by atoms with Gasteiger partial charge in [0, 0.05) is 19.5 Å². The molecule has 1 atom stereocenters. The lowest BCUT2D eigenvalue weighted by atomic mass is 9.99. The number of para-hydroxylation sites is 1. The molecule has 0 saturated heterocycles. The highest BCUT2D eigenvalue weighted by Crippen LogP contribution is 2.28. The van der Waals surface area contributed by atoms with E-state index >= 15 is 0 Å². The second-order valence-electron chi connectivity index (χ2n) is 7.13. The van der Waals surface area contributed by atoms with Gasteiger partial charge in [0.15, 0.2) is 17.8 Å². The number of ether oxygens (including phenoxy) is 1. The van der Waals surface area contributed by atoms with Crippen molar-refractivity contribution in [3.05, 3.63) is 71.3 Å². The van der Waals surface area contributed by atoms with Crippen LogP contribution in [0.2, 0.25) is 0 Å². The predicted octanol–water partition coefficient (Wildman–Crippen LogP) is 3.98. The first kappa shape index (κ1) is 18.6. The number of benzene rings is 2. The van der Waals surface area contributed by atoms with Crippen LogP contribution in [0, 0.1) is 11.6 Å². The van der Waals surface area contributed by atoms with Crippen LogP contribution < -0.4 is 10.1 Å². The largest absolute Gasteiger partial charge is 0.467 e. The van der Waals surface area contributed by atoms with Crippen LogP contribution in [0.25, 0.3) is 5.57 Å². The molecule has 0 saturated carbocycles. The van der Waals surface area contributed by atoms with Crippen LogP contribution in [0.4, 0.5) is 8.78 Å². The van der Waals surface area contributed by atoms with E-state index < -0.39 is 12.0 Å². The Morgan fingerprint density at radius 1 is 1.14 bits per heavy atom. The predicted molar refractivity (Wildman–Crippen MR) is 103 cm³/mol. The Morgan fingerprint density at radius 2 is 1.96 bits per heavy atom. The van der Waals surface area contributed by atoms with Gasteiger partial charge in [-0.1, -0.05) is 24.3 Å². The van der Waals surface area contributed by atoms with Gasteiger partial charge in [-0.15, -0.1) is 0 Å². The Morgan fingerprint density at radius 3 is 2.71 bits per heavy atom. The molecule has 2 aromatic carbocycles. The van der Waals surface area contributed by atoms with Gasteiger partial charge in [-0.05, 0) is 54.8 Å². The van der Waals surface area contributed by atoms with E-state index in [0.717, 1.165) is 38.0 Å². The van der Waals surface area contributed by atoms with Gasteiger partial charge in [-0.25, -0.2) is 8.78 Å². The molecule has 0 bridgehead atoms. The van der Waals surface area contributed by atoms with Crippen molar-refractivity contribution in [1.82, 2.24) is 10.2 Å². The van der Waals surface area contributed by atoms with Gasteiger partial charge < -0.3 is 10.1 Å². The summed E-state index contributed by atoms with van der Waals surface area (Å²) in [6, 6.07) is 11.0. The van der Waals surface area contributed by atoms with Crippen molar-refractivity contribution in [2.24, 2.45) is 0 Å². The van der Waals surface area contributed by atoms with E-state index in [1.165, 1.54) is 29.8 Å². The second-order valence-corrected chi connectivity index (χ2v) is 7.13. The highest BCUT2D eigenvalue weighted by molar-refractivity contribution is 5.97. The molecule has 4 rings (SSSR count). The van der Waals surface area contributed by atoms with Crippen LogP contribution in [0.3, 0.4) is 0 Å². The summed E-state index contributed by atoms with van der Waals surface area (Å²) in [4.78, 5) is 14.4. The topological polar surface area (TPSA) is 41.6 Å². The number of carbonyl (C=O) groups is 1. The van der Waals surface area contributed by atoms with Gasteiger partial charge in [0.1, 0.15) is 5.82 Å². The minimum atomic E-state index is -0.508. The summed E-state index contributed by atoms with van der Waals surface area (Å²) in [5.41, 5.74) is 2.55. The molecule has 0 aromatic heterocycles. The Bertz CT molecular complexity index is 896. The molecule has 0 spiro atoms. The van der Waals surface area contributed by atoms with E-state index in [-0.39, 0.29) is 23.0 Å². The molecule has 28 heavy (non-hydrogen) atoms. The van der Waals surface area contributed by atoms with Crippen molar-refractivity contribution in [1.29, 1.82) is 0 Å². The number of nitrogens with zero attached hydrogens (tertiary/aromatic N) is 1. The van der Waals surface area contributed by atoms with Gasteiger partial charge in [-0.3, -0.25) is 9.69 Å².